The first-order chi connectivity index (χ1) is 9.02. The summed E-state index contributed by atoms with van der Waals surface area (Å²) in [7, 11) is 3.41. The molecule has 1 aromatic carbocycles. The van der Waals surface area contributed by atoms with Crippen LogP contribution >= 0.6 is 11.6 Å². The van der Waals surface area contributed by atoms with Gasteiger partial charge in [0.05, 0.1) is 12.7 Å². The van der Waals surface area contributed by atoms with Gasteiger partial charge in [-0.25, -0.2) is 0 Å². The van der Waals surface area contributed by atoms with Crippen LogP contribution in [0.5, 0.6) is 0 Å². The lowest BCUT2D eigenvalue weighted by molar-refractivity contribution is 0.0428. The number of halogens is 1. The fourth-order valence-electron chi connectivity index (χ4n) is 1.79. The predicted octanol–water partition coefficient (Wildman–Crippen LogP) is 1.85. The molecule has 0 heterocycles. The second kappa shape index (κ2) is 8.27. The number of carbonyl (C=O) groups excluding carboxylic acids is 1. The summed E-state index contributed by atoms with van der Waals surface area (Å²) >= 11 is 5.85. The Morgan fingerprint density at radius 2 is 2.26 bits per heavy atom. The molecule has 1 rings (SSSR count). The summed E-state index contributed by atoms with van der Waals surface area (Å²) < 4.78 is 4.85. The van der Waals surface area contributed by atoms with Crippen molar-refractivity contribution in [2.75, 3.05) is 33.9 Å². The predicted molar refractivity (Wildman–Crippen MR) is 75.8 cm³/mol. The van der Waals surface area contributed by atoms with Crippen molar-refractivity contribution >= 4 is 17.4 Å². The van der Waals surface area contributed by atoms with Gasteiger partial charge < -0.3 is 14.7 Å². The van der Waals surface area contributed by atoms with Gasteiger partial charge in [-0.3, -0.25) is 4.79 Å². The fraction of sp³-hybridized carbons (Fsp3) is 0.500. The van der Waals surface area contributed by atoms with Crippen LogP contribution in [0.1, 0.15) is 16.8 Å². The molecule has 0 amide bonds. The molecule has 0 saturated carbocycles. The van der Waals surface area contributed by atoms with E-state index in [9.17, 15) is 9.90 Å². The van der Waals surface area contributed by atoms with Gasteiger partial charge in [0.15, 0.2) is 5.78 Å². The molecule has 106 valence electrons. The SMILES string of the molecule is COCC(O)CN(C)CCC(=O)c1cccc(Cl)c1. The van der Waals surface area contributed by atoms with Gasteiger partial charge in [-0.05, 0) is 19.2 Å². The molecule has 0 bridgehead atoms. The Morgan fingerprint density at radius 3 is 2.89 bits per heavy atom. The molecule has 1 atom stereocenters. The maximum Gasteiger partial charge on any atom is 0.164 e. The fourth-order valence-corrected chi connectivity index (χ4v) is 1.99. The molecular formula is C14H20ClNO3. The van der Waals surface area contributed by atoms with Crippen LogP contribution in [0.25, 0.3) is 0 Å². The van der Waals surface area contributed by atoms with Crippen molar-refractivity contribution in [3.05, 3.63) is 34.9 Å². The molecule has 0 aromatic heterocycles. The van der Waals surface area contributed by atoms with Crippen molar-refractivity contribution in [1.29, 1.82) is 0 Å². The summed E-state index contributed by atoms with van der Waals surface area (Å²) in [6, 6.07) is 6.94. The second-order valence-corrected chi connectivity index (χ2v) is 4.99. The van der Waals surface area contributed by atoms with Crippen LogP contribution in [0, 0.1) is 0 Å². The Labute approximate surface area is 118 Å². The number of methoxy groups -OCH3 is 1. The van der Waals surface area contributed by atoms with Crippen molar-refractivity contribution in [2.24, 2.45) is 0 Å². The van der Waals surface area contributed by atoms with E-state index < -0.39 is 6.10 Å². The minimum atomic E-state index is -0.531. The van der Waals surface area contributed by atoms with Gasteiger partial charge >= 0.3 is 0 Å². The van der Waals surface area contributed by atoms with Gasteiger partial charge in [0.2, 0.25) is 0 Å². The van der Waals surface area contributed by atoms with E-state index in [-0.39, 0.29) is 5.78 Å². The standard InChI is InChI=1S/C14H20ClNO3/c1-16(9-13(17)10-19-2)7-6-14(18)11-4-3-5-12(15)8-11/h3-5,8,13,17H,6-7,9-10H2,1-2H3. The zero-order valence-corrected chi connectivity index (χ0v) is 12.1. The molecule has 5 heteroatoms. The van der Waals surface area contributed by atoms with E-state index in [0.717, 1.165) is 0 Å². The summed E-state index contributed by atoms with van der Waals surface area (Å²) in [6.07, 6.45) is -0.132. The van der Waals surface area contributed by atoms with Crippen LogP contribution in [0.15, 0.2) is 24.3 Å². The van der Waals surface area contributed by atoms with Crippen LogP contribution in [-0.2, 0) is 4.74 Å². The highest BCUT2D eigenvalue weighted by atomic mass is 35.5. The number of aliphatic hydroxyl groups is 1. The zero-order chi connectivity index (χ0) is 14.3. The summed E-state index contributed by atoms with van der Waals surface area (Å²) in [5, 5.41) is 10.1. The van der Waals surface area contributed by atoms with E-state index in [1.54, 1.807) is 31.4 Å². The average molecular weight is 286 g/mol. The Balaban J connectivity index is 2.37. The van der Waals surface area contributed by atoms with E-state index in [0.29, 0.717) is 36.7 Å². The Bertz CT molecular complexity index is 411. The van der Waals surface area contributed by atoms with Gasteiger partial charge in [0.25, 0.3) is 0 Å². The van der Waals surface area contributed by atoms with Gasteiger partial charge in [-0.15, -0.1) is 0 Å². The van der Waals surface area contributed by atoms with Gasteiger partial charge in [0.1, 0.15) is 0 Å². The Hall–Kier alpha value is -0.940. The molecule has 0 aliphatic heterocycles. The number of likely N-dealkylation sites (N-methyl/N-ethyl adjacent to an activating group) is 1. The van der Waals surface area contributed by atoms with E-state index in [1.807, 2.05) is 11.9 Å². The summed E-state index contributed by atoms with van der Waals surface area (Å²) in [5.41, 5.74) is 0.623. The monoisotopic (exact) mass is 285 g/mol. The average Bonchev–Trinajstić information content (AvgIpc) is 2.36. The molecular weight excluding hydrogens is 266 g/mol. The lowest BCUT2D eigenvalue weighted by Gasteiger charge is -2.19. The molecule has 19 heavy (non-hydrogen) atoms. The first kappa shape index (κ1) is 16.1. The van der Waals surface area contributed by atoms with Crippen molar-refractivity contribution < 1.29 is 14.6 Å². The number of ketones is 1. The third-order valence-corrected chi connectivity index (χ3v) is 2.98. The Morgan fingerprint density at radius 1 is 1.53 bits per heavy atom. The van der Waals surface area contributed by atoms with Crippen molar-refractivity contribution in [1.82, 2.24) is 4.90 Å². The normalized spacial score (nSPS) is 12.7. The highest BCUT2D eigenvalue weighted by Crippen LogP contribution is 2.12. The molecule has 1 aromatic rings. The zero-order valence-electron chi connectivity index (χ0n) is 11.3. The van der Waals surface area contributed by atoms with Crippen LogP contribution in [0.4, 0.5) is 0 Å². The van der Waals surface area contributed by atoms with Gasteiger partial charge in [-0.1, -0.05) is 23.7 Å². The number of nitrogens with zero attached hydrogens (tertiary/aromatic N) is 1. The van der Waals surface area contributed by atoms with E-state index in [2.05, 4.69) is 0 Å². The van der Waals surface area contributed by atoms with Crippen LogP contribution in [0.3, 0.4) is 0 Å². The molecule has 0 saturated heterocycles. The quantitative estimate of drug-likeness (QED) is 0.741. The molecule has 4 nitrogen and oxygen atoms in total. The van der Waals surface area contributed by atoms with Crippen molar-refractivity contribution in [3.8, 4) is 0 Å². The first-order valence-corrected chi connectivity index (χ1v) is 6.55. The van der Waals surface area contributed by atoms with Gasteiger partial charge in [-0.2, -0.15) is 0 Å². The maximum atomic E-state index is 11.9. The number of benzene rings is 1. The number of ether oxygens (including phenoxy) is 1. The van der Waals surface area contributed by atoms with E-state index in [1.165, 1.54) is 0 Å². The molecule has 0 aliphatic carbocycles. The van der Waals surface area contributed by atoms with Crippen LogP contribution in [-0.4, -0.2) is 55.7 Å². The topological polar surface area (TPSA) is 49.8 Å². The molecule has 0 aliphatic rings. The number of Topliss-reactive ketones (excluding diaryl/α,β-unsaturated/α-hetero) is 1. The molecule has 0 spiro atoms. The molecule has 0 fully saturated rings. The number of hydrogen-bond donors (Lipinski definition) is 1. The van der Waals surface area contributed by atoms with E-state index in [4.69, 9.17) is 16.3 Å². The molecule has 0 radical (unpaired) electrons. The van der Waals surface area contributed by atoms with E-state index >= 15 is 0 Å². The smallest absolute Gasteiger partial charge is 0.164 e. The van der Waals surface area contributed by atoms with Crippen molar-refractivity contribution in [3.63, 3.8) is 0 Å². The molecule has 1 N–H and O–H groups in total. The Kier molecular flexibility index (Phi) is 7.02. The second-order valence-electron chi connectivity index (χ2n) is 4.55. The summed E-state index contributed by atoms with van der Waals surface area (Å²) in [4.78, 5) is 13.8. The maximum absolute atomic E-state index is 11.9. The first-order valence-electron chi connectivity index (χ1n) is 6.17. The van der Waals surface area contributed by atoms with Crippen LogP contribution < -0.4 is 0 Å². The largest absolute Gasteiger partial charge is 0.389 e. The molecule has 1 unspecified atom stereocenters. The van der Waals surface area contributed by atoms with Gasteiger partial charge in [0, 0.05) is 37.2 Å². The minimum Gasteiger partial charge on any atom is -0.389 e. The summed E-state index contributed by atoms with van der Waals surface area (Å²) in [6.45, 7) is 1.37. The van der Waals surface area contributed by atoms with Crippen molar-refractivity contribution in [2.45, 2.75) is 12.5 Å². The third-order valence-electron chi connectivity index (χ3n) is 2.75. The highest BCUT2D eigenvalue weighted by Gasteiger charge is 2.11. The van der Waals surface area contributed by atoms with Crippen LogP contribution in [0.2, 0.25) is 5.02 Å². The highest BCUT2D eigenvalue weighted by molar-refractivity contribution is 6.31. The number of carbonyl (C=O) groups is 1. The summed E-state index contributed by atoms with van der Waals surface area (Å²) in [5.74, 6) is 0.0515. The third kappa shape index (κ3) is 6.16. The lowest BCUT2D eigenvalue weighted by Crippen LogP contribution is -2.33. The number of hydrogen-bond acceptors (Lipinski definition) is 4. The lowest BCUT2D eigenvalue weighted by atomic mass is 10.1. The number of aliphatic hydroxyl groups excluding tert-OH is 1. The number of rotatable bonds is 8. The minimum absolute atomic E-state index is 0.0515.